The van der Waals surface area contributed by atoms with E-state index in [1.807, 2.05) is 19.0 Å². The van der Waals surface area contributed by atoms with Gasteiger partial charge in [-0.15, -0.1) is 0 Å². The molecule has 214 valence electrons. The summed E-state index contributed by atoms with van der Waals surface area (Å²) in [6, 6.07) is 2.31. The summed E-state index contributed by atoms with van der Waals surface area (Å²) >= 11 is 0. The molecule has 1 atom stereocenters. The lowest BCUT2D eigenvalue weighted by molar-refractivity contribution is -0.135. The van der Waals surface area contributed by atoms with Crippen LogP contribution in [0.25, 0.3) is 0 Å². The van der Waals surface area contributed by atoms with E-state index in [-0.39, 0.29) is 11.8 Å². The van der Waals surface area contributed by atoms with Crippen LogP contribution in [0.2, 0.25) is 0 Å². The molecule has 1 aliphatic rings. The van der Waals surface area contributed by atoms with E-state index in [0.717, 1.165) is 0 Å². The monoisotopic (exact) mass is 552 g/mol. The molecule has 2 amide bonds. The number of pyridine rings is 1. The summed E-state index contributed by atoms with van der Waals surface area (Å²) in [4.78, 5) is 42.8. The van der Waals surface area contributed by atoms with Gasteiger partial charge in [-0.1, -0.05) is 17.9 Å². The van der Waals surface area contributed by atoms with Crippen LogP contribution in [-0.4, -0.2) is 103 Å². The number of anilines is 3. The normalized spacial score (nSPS) is 14.0. The Morgan fingerprint density at radius 3 is 2.75 bits per heavy atom. The number of nitrogens with zero attached hydrogens (tertiary/aromatic N) is 6. The molecule has 0 unspecified atom stereocenters. The van der Waals surface area contributed by atoms with Crippen LogP contribution in [0.15, 0.2) is 36.7 Å². The molecule has 11 nitrogen and oxygen atoms in total. The second-order valence-electron chi connectivity index (χ2n) is 9.51. The third-order valence-corrected chi connectivity index (χ3v) is 6.10. The summed E-state index contributed by atoms with van der Waals surface area (Å²) in [6.07, 6.45) is 7.46. The number of unbranched alkanes of at least 4 members (excludes halogenated alkanes) is 1. The zero-order valence-electron chi connectivity index (χ0n) is 23.5. The van der Waals surface area contributed by atoms with Gasteiger partial charge in [0.25, 0.3) is 0 Å². The molecule has 1 aliphatic heterocycles. The summed E-state index contributed by atoms with van der Waals surface area (Å²) in [7, 11) is 5.44. The Morgan fingerprint density at radius 1 is 1.25 bits per heavy atom. The first-order valence-corrected chi connectivity index (χ1v) is 13.2. The van der Waals surface area contributed by atoms with Crippen LogP contribution < -0.4 is 15.5 Å². The van der Waals surface area contributed by atoms with E-state index < -0.39 is 12.0 Å². The van der Waals surface area contributed by atoms with Crippen molar-refractivity contribution in [2.45, 2.75) is 25.8 Å². The highest BCUT2D eigenvalue weighted by atomic mass is 19.1. The molecular weight excluding hydrogens is 515 g/mol. The highest BCUT2D eigenvalue weighted by Crippen LogP contribution is 2.21. The minimum Gasteiger partial charge on any atom is -0.378 e. The SMILES string of the molecule is C[C@@H](C(=O)NCCCC#Cc1cnc(Nc2ccnc(F)c2)nc1N1CCOCC1)N(C)C(=O)/C=C/CN(C)C. The first-order chi connectivity index (χ1) is 19.2. The van der Waals surface area contributed by atoms with Gasteiger partial charge in [-0.25, -0.2) is 9.97 Å². The highest BCUT2D eigenvalue weighted by Gasteiger charge is 2.20. The number of halogens is 1. The van der Waals surface area contributed by atoms with Gasteiger partial charge in [-0.3, -0.25) is 9.59 Å². The highest BCUT2D eigenvalue weighted by molar-refractivity contribution is 5.92. The average Bonchev–Trinajstić information content (AvgIpc) is 2.94. The van der Waals surface area contributed by atoms with Gasteiger partial charge in [0, 0.05) is 63.7 Å². The molecule has 0 bridgehead atoms. The summed E-state index contributed by atoms with van der Waals surface area (Å²) in [6.45, 7) is 5.29. The fourth-order valence-electron chi connectivity index (χ4n) is 3.69. The molecule has 0 saturated carbocycles. The van der Waals surface area contributed by atoms with Gasteiger partial charge in [-0.05, 0) is 33.5 Å². The van der Waals surface area contributed by atoms with Crippen molar-refractivity contribution in [2.24, 2.45) is 0 Å². The Morgan fingerprint density at radius 2 is 2.02 bits per heavy atom. The number of carbonyl (C=O) groups excluding carboxylic acids is 2. The molecule has 40 heavy (non-hydrogen) atoms. The first kappa shape index (κ1) is 30.5. The van der Waals surface area contributed by atoms with E-state index in [1.54, 1.807) is 32.3 Å². The Labute approximate surface area is 234 Å². The number of hydrogen-bond donors (Lipinski definition) is 2. The molecule has 1 saturated heterocycles. The van der Waals surface area contributed by atoms with E-state index in [0.29, 0.717) is 75.3 Å². The number of likely N-dealkylation sites (N-methyl/N-ethyl adjacent to an activating group) is 2. The van der Waals surface area contributed by atoms with E-state index in [2.05, 4.69) is 42.3 Å². The second-order valence-corrected chi connectivity index (χ2v) is 9.51. The lowest BCUT2D eigenvalue weighted by Crippen LogP contribution is -2.45. The van der Waals surface area contributed by atoms with Crippen molar-refractivity contribution in [3.05, 3.63) is 48.2 Å². The van der Waals surface area contributed by atoms with Crippen molar-refractivity contribution in [3.63, 3.8) is 0 Å². The minimum atomic E-state index is -0.597. The molecule has 1 fully saturated rings. The summed E-state index contributed by atoms with van der Waals surface area (Å²) in [5.41, 5.74) is 1.17. The van der Waals surface area contributed by atoms with Crippen LogP contribution in [0.4, 0.5) is 21.8 Å². The summed E-state index contributed by atoms with van der Waals surface area (Å²) in [5.74, 6) is 6.26. The van der Waals surface area contributed by atoms with Gasteiger partial charge >= 0.3 is 0 Å². The smallest absolute Gasteiger partial charge is 0.246 e. The average molecular weight is 553 g/mol. The van der Waals surface area contributed by atoms with Crippen molar-refractivity contribution >= 4 is 29.3 Å². The minimum absolute atomic E-state index is 0.218. The number of amides is 2. The Hall–Kier alpha value is -4.08. The molecule has 2 N–H and O–H groups in total. The van der Waals surface area contributed by atoms with E-state index in [4.69, 9.17) is 4.74 Å². The quantitative estimate of drug-likeness (QED) is 0.186. The predicted molar refractivity (Wildman–Crippen MR) is 152 cm³/mol. The largest absolute Gasteiger partial charge is 0.378 e. The molecule has 2 aromatic rings. The lowest BCUT2D eigenvalue weighted by atomic mass is 10.2. The van der Waals surface area contributed by atoms with Gasteiger partial charge in [0.2, 0.25) is 23.7 Å². The van der Waals surface area contributed by atoms with Crippen molar-refractivity contribution in [1.82, 2.24) is 30.1 Å². The molecule has 0 aromatic carbocycles. The van der Waals surface area contributed by atoms with Crippen LogP contribution in [0.1, 0.15) is 25.3 Å². The second kappa shape index (κ2) is 15.5. The molecular formula is C28H37FN8O3. The van der Waals surface area contributed by atoms with Crippen LogP contribution in [-0.2, 0) is 14.3 Å². The van der Waals surface area contributed by atoms with E-state index in [9.17, 15) is 14.0 Å². The fraction of sp³-hybridized carbons (Fsp3) is 0.464. The van der Waals surface area contributed by atoms with Gasteiger partial charge in [0.15, 0.2) is 0 Å². The Balaban J connectivity index is 1.54. The number of nitrogens with one attached hydrogen (secondary N) is 2. The molecule has 0 aliphatic carbocycles. The number of ether oxygens (including phenoxy) is 1. The van der Waals surface area contributed by atoms with Gasteiger partial charge in [-0.2, -0.15) is 9.37 Å². The number of morpholine rings is 1. The molecule has 3 rings (SSSR count). The Kier molecular flexibility index (Phi) is 11.8. The molecule has 0 spiro atoms. The maximum absolute atomic E-state index is 13.5. The fourth-order valence-corrected chi connectivity index (χ4v) is 3.69. The molecule has 0 radical (unpaired) electrons. The zero-order chi connectivity index (χ0) is 28.9. The molecule has 12 heteroatoms. The summed E-state index contributed by atoms with van der Waals surface area (Å²) in [5, 5.41) is 5.88. The van der Waals surface area contributed by atoms with Gasteiger partial charge in [0.1, 0.15) is 11.9 Å². The maximum Gasteiger partial charge on any atom is 0.246 e. The standard InChI is InChI=1S/C28H37FN8O3/c1-21(36(4)25(38)10-8-14-35(2)3)27(39)31-12-7-5-6-9-22-20-32-28(33-23-11-13-30-24(29)19-23)34-26(22)37-15-17-40-18-16-37/h8,10-11,13,19-21H,5,7,12,14-18H2,1-4H3,(H,31,39)(H,30,32,33,34)/b10-8+/t21-/m0/s1. The lowest BCUT2D eigenvalue weighted by Gasteiger charge is -2.28. The van der Waals surface area contributed by atoms with Gasteiger partial charge < -0.3 is 30.1 Å². The number of carbonyl (C=O) groups is 2. The van der Waals surface area contributed by atoms with E-state index in [1.165, 1.54) is 23.2 Å². The molecule has 3 heterocycles. The third kappa shape index (κ3) is 9.59. The maximum atomic E-state index is 13.5. The van der Waals surface area contributed by atoms with Crippen molar-refractivity contribution in [1.29, 1.82) is 0 Å². The van der Waals surface area contributed by atoms with Crippen LogP contribution in [0.3, 0.4) is 0 Å². The zero-order valence-corrected chi connectivity index (χ0v) is 23.5. The molecule has 2 aromatic heterocycles. The van der Waals surface area contributed by atoms with Crippen molar-refractivity contribution in [2.75, 3.05) is 70.8 Å². The van der Waals surface area contributed by atoms with Crippen LogP contribution in [0.5, 0.6) is 0 Å². The van der Waals surface area contributed by atoms with Gasteiger partial charge in [0.05, 0.1) is 25.0 Å². The number of aromatic nitrogens is 3. The predicted octanol–water partition coefficient (Wildman–Crippen LogP) is 1.80. The van der Waals surface area contributed by atoms with Crippen molar-refractivity contribution in [3.8, 4) is 11.8 Å². The first-order valence-electron chi connectivity index (χ1n) is 13.2. The van der Waals surface area contributed by atoms with Crippen LogP contribution >= 0.6 is 0 Å². The van der Waals surface area contributed by atoms with Crippen molar-refractivity contribution < 1.29 is 18.7 Å². The number of hydrogen-bond acceptors (Lipinski definition) is 9. The Bertz CT molecular complexity index is 1240. The topological polar surface area (TPSA) is 116 Å². The third-order valence-electron chi connectivity index (χ3n) is 6.10. The van der Waals surface area contributed by atoms with Crippen LogP contribution in [0, 0.1) is 17.8 Å². The number of rotatable bonds is 11. The summed E-state index contributed by atoms with van der Waals surface area (Å²) < 4.78 is 18.9. The van der Waals surface area contributed by atoms with E-state index >= 15 is 0 Å².